The van der Waals surface area contributed by atoms with E-state index >= 15 is 0 Å². The highest BCUT2D eigenvalue weighted by atomic mass is 79.9. The van der Waals surface area contributed by atoms with Crippen LogP contribution in [0.15, 0.2) is 65.3 Å². The van der Waals surface area contributed by atoms with Crippen molar-refractivity contribution in [1.82, 2.24) is 15.1 Å². The van der Waals surface area contributed by atoms with Gasteiger partial charge in [0.2, 0.25) is 0 Å². The van der Waals surface area contributed by atoms with Gasteiger partial charge >= 0.3 is 0 Å². The van der Waals surface area contributed by atoms with Crippen LogP contribution >= 0.6 is 15.9 Å². The quantitative estimate of drug-likeness (QED) is 0.646. The first kappa shape index (κ1) is 18.0. The summed E-state index contributed by atoms with van der Waals surface area (Å²) in [7, 11) is 0. The van der Waals surface area contributed by atoms with Crippen molar-refractivity contribution >= 4 is 21.8 Å². The number of halogens is 1. The highest BCUT2D eigenvalue weighted by Crippen LogP contribution is 2.27. The van der Waals surface area contributed by atoms with Crippen LogP contribution in [-0.2, 0) is 6.42 Å². The van der Waals surface area contributed by atoms with Crippen LogP contribution in [0.4, 0.5) is 0 Å². The van der Waals surface area contributed by atoms with Crippen molar-refractivity contribution in [2.75, 3.05) is 13.1 Å². The Balaban J connectivity index is 1.42. The fourth-order valence-corrected chi connectivity index (χ4v) is 4.17. The van der Waals surface area contributed by atoms with Gasteiger partial charge in [0.1, 0.15) is 0 Å². The van der Waals surface area contributed by atoms with Crippen molar-refractivity contribution in [3.63, 3.8) is 0 Å². The second-order valence-electron chi connectivity index (χ2n) is 7.09. The van der Waals surface area contributed by atoms with E-state index in [1.165, 1.54) is 5.56 Å². The standard InChI is InChI=1S/C22H22BrN3O/c23-19-8-4-7-18(14-19)21-20(15-24-25-21)22(27)26-11-9-17(10-12-26)13-16-5-2-1-3-6-16/h1-8,14-15,17H,9-13H2,(H,24,25). The van der Waals surface area contributed by atoms with Gasteiger partial charge in [0.25, 0.3) is 5.91 Å². The predicted octanol–water partition coefficient (Wildman–Crippen LogP) is 4.93. The summed E-state index contributed by atoms with van der Waals surface area (Å²) in [6.07, 6.45) is 4.84. The molecule has 1 saturated heterocycles. The van der Waals surface area contributed by atoms with Crippen LogP contribution in [0.1, 0.15) is 28.8 Å². The molecule has 1 aromatic heterocycles. The molecule has 0 spiro atoms. The van der Waals surface area contributed by atoms with Crippen molar-refractivity contribution in [3.05, 3.63) is 76.4 Å². The van der Waals surface area contributed by atoms with E-state index < -0.39 is 0 Å². The summed E-state index contributed by atoms with van der Waals surface area (Å²) in [6.45, 7) is 1.61. The molecule has 0 unspecified atom stereocenters. The average Bonchev–Trinajstić information content (AvgIpc) is 3.19. The molecule has 2 aromatic carbocycles. The van der Waals surface area contributed by atoms with Crippen LogP contribution in [-0.4, -0.2) is 34.1 Å². The monoisotopic (exact) mass is 423 g/mol. The summed E-state index contributed by atoms with van der Waals surface area (Å²) >= 11 is 3.49. The Hall–Kier alpha value is -2.40. The van der Waals surface area contributed by atoms with Crippen LogP contribution < -0.4 is 0 Å². The number of aromatic nitrogens is 2. The number of rotatable bonds is 4. The maximum Gasteiger partial charge on any atom is 0.257 e. The van der Waals surface area contributed by atoms with E-state index in [1.54, 1.807) is 6.20 Å². The van der Waals surface area contributed by atoms with Crippen LogP contribution in [0.2, 0.25) is 0 Å². The topological polar surface area (TPSA) is 49.0 Å². The van der Waals surface area contributed by atoms with Gasteiger partial charge in [0, 0.05) is 23.1 Å². The molecule has 2 heterocycles. The second-order valence-corrected chi connectivity index (χ2v) is 8.01. The Labute approximate surface area is 167 Å². The molecule has 27 heavy (non-hydrogen) atoms. The number of hydrogen-bond acceptors (Lipinski definition) is 2. The number of amides is 1. The fourth-order valence-electron chi connectivity index (χ4n) is 3.77. The van der Waals surface area contributed by atoms with Gasteiger partial charge in [-0.15, -0.1) is 0 Å². The van der Waals surface area contributed by atoms with Gasteiger partial charge < -0.3 is 4.90 Å². The molecule has 0 bridgehead atoms. The smallest absolute Gasteiger partial charge is 0.257 e. The lowest BCUT2D eigenvalue weighted by Crippen LogP contribution is -2.39. The highest BCUT2D eigenvalue weighted by molar-refractivity contribution is 9.10. The van der Waals surface area contributed by atoms with Gasteiger partial charge in [-0.1, -0.05) is 58.4 Å². The van der Waals surface area contributed by atoms with Crippen LogP contribution in [0.25, 0.3) is 11.3 Å². The number of aromatic amines is 1. The van der Waals surface area contributed by atoms with Gasteiger partial charge in [-0.3, -0.25) is 9.89 Å². The van der Waals surface area contributed by atoms with E-state index in [0.717, 1.165) is 48.1 Å². The van der Waals surface area contributed by atoms with Crippen LogP contribution in [0, 0.1) is 5.92 Å². The molecule has 4 nitrogen and oxygen atoms in total. The van der Waals surface area contributed by atoms with E-state index in [2.05, 4.69) is 56.5 Å². The van der Waals surface area contributed by atoms with Gasteiger partial charge in [-0.25, -0.2) is 0 Å². The molecule has 1 N–H and O–H groups in total. The fraction of sp³-hybridized carbons (Fsp3) is 0.273. The summed E-state index contributed by atoms with van der Waals surface area (Å²) in [5, 5.41) is 7.12. The van der Waals surface area contributed by atoms with Gasteiger partial charge in [-0.05, 0) is 42.9 Å². The minimum atomic E-state index is 0.0666. The number of benzene rings is 2. The van der Waals surface area contributed by atoms with E-state index in [0.29, 0.717) is 11.5 Å². The molecule has 0 saturated carbocycles. The number of carbonyl (C=O) groups is 1. The third-order valence-corrected chi connectivity index (χ3v) is 5.75. The lowest BCUT2D eigenvalue weighted by molar-refractivity contribution is 0.0691. The van der Waals surface area contributed by atoms with Crippen molar-refractivity contribution in [1.29, 1.82) is 0 Å². The van der Waals surface area contributed by atoms with E-state index in [9.17, 15) is 4.79 Å². The first-order valence-corrected chi connectivity index (χ1v) is 10.1. The van der Waals surface area contributed by atoms with Gasteiger partial charge in [0.15, 0.2) is 0 Å². The number of hydrogen-bond donors (Lipinski definition) is 1. The van der Waals surface area contributed by atoms with E-state index in [1.807, 2.05) is 29.2 Å². The average molecular weight is 424 g/mol. The van der Waals surface area contributed by atoms with E-state index in [-0.39, 0.29) is 5.91 Å². The SMILES string of the molecule is O=C(c1cn[nH]c1-c1cccc(Br)c1)N1CCC(Cc2ccccc2)CC1. The maximum atomic E-state index is 13.1. The largest absolute Gasteiger partial charge is 0.339 e. The van der Waals surface area contributed by atoms with Crippen molar-refractivity contribution in [2.45, 2.75) is 19.3 Å². The molecule has 5 heteroatoms. The number of H-pyrrole nitrogens is 1. The number of nitrogens with zero attached hydrogens (tertiary/aromatic N) is 2. The van der Waals surface area contributed by atoms with Crippen molar-refractivity contribution in [2.24, 2.45) is 5.92 Å². The molecule has 1 aliphatic rings. The van der Waals surface area contributed by atoms with Crippen molar-refractivity contribution < 1.29 is 4.79 Å². The van der Waals surface area contributed by atoms with Gasteiger partial charge in [0.05, 0.1) is 17.5 Å². The molecular formula is C22H22BrN3O. The Morgan fingerprint density at radius 3 is 2.63 bits per heavy atom. The Morgan fingerprint density at radius 1 is 1.11 bits per heavy atom. The molecule has 1 aliphatic heterocycles. The molecule has 1 amide bonds. The normalized spacial score (nSPS) is 15.1. The Kier molecular flexibility index (Phi) is 5.39. The first-order valence-electron chi connectivity index (χ1n) is 9.33. The van der Waals surface area contributed by atoms with Crippen LogP contribution in [0.3, 0.4) is 0 Å². The molecule has 4 rings (SSSR count). The minimum absolute atomic E-state index is 0.0666. The Bertz CT molecular complexity index is 914. The molecule has 138 valence electrons. The highest BCUT2D eigenvalue weighted by Gasteiger charge is 2.26. The minimum Gasteiger partial charge on any atom is -0.339 e. The lowest BCUT2D eigenvalue weighted by Gasteiger charge is -2.32. The molecule has 1 fully saturated rings. The molecular weight excluding hydrogens is 402 g/mol. The first-order chi connectivity index (χ1) is 13.2. The maximum absolute atomic E-state index is 13.1. The zero-order chi connectivity index (χ0) is 18.6. The zero-order valence-corrected chi connectivity index (χ0v) is 16.7. The summed E-state index contributed by atoms with van der Waals surface area (Å²) in [5.74, 6) is 0.710. The number of nitrogens with one attached hydrogen (secondary N) is 1. The van der Waals surface area contributed by atoms with E-state index in [4.69, 9.17) is 0 Å². The summed E-state index contributed by atoms with van der Waals surface area (Å²) in [4.78, 5) is 15.0. The molecule has 0 radical (unpaired) electrons. The summed E-state index contributed by atoms with van der Waals surface area (Å²) in [5.41, 5.74) is 3.78. The van der Waals surface area contributed by atoms with Crippen LogP contribution in [0.5, 0.6) is 0 Å². The predicted molar refractivity (Wildman–Crippen MR) is 110 cm³/mol. The van der Waals surface area contributed by atoms with Crippen molar-refractivity contribution in [3.8, 4) is 11.3 Å². The Morgan fingerprint density at radius 2 is 1.89 bits per heavy atom. The number of piperidine rings is 1. The summed E-state index contributed by atoms with van der Waals surface area (Å²) < 4.78 is 0.981. The van der Waals surface area contributed by atoms with Gasteiger partial charge in [-0.2, -0.15) is 5.10 Å². The summed E-state index contributed by atoms with van der Waals surface area (Å²) in [6, 6.07) is 18.5. The molecule has 0 aliphatic carbocycles. The number of likely N-dealkylation sites (tertiary alicyclic amines) is 1. The third kappa shape index (κ3) is 4.14. The molecule has 0 atom stereocenters. The lowest BCUT2D eigenvalue weighted by atomic mass is 9.90. The number of carbonyl (C=O) groups excluding carboxylic acids is 1. The third-order valence-electron chi connectivity index (χ3n) is 5.25. The zero-order valence-electron chi connectivity index (χ0n) is 15.1. The molecule has 3 aromatic rings. The second kappa shape index (κ2) is 8.09.